The quantitative estimate of drug-likeness (QED) is 0.676. The molecule has 0 spiro atoms. The van der Waals surface area contributed by atoms with Crippen LogP contribution in [0.5, 0.6) is 0 Å². The lowest BCUT2D eigenvalue weighted by atomic mass is 10.2. The second kappa shape index (κ2) is 6.33. The number of hydrogen-bond donors (Lipinski definition) is 1. The van der Waals surface area contributed by atoms with Crippen LogP contribution < -0.4 is 5.32 Å². The van der Waals surface area contributed by atoms with Crippen molar-refractivity contribution in [2.24, 2.45) is 0 Å². The first-order valence-corrected chi connectivity index (χ1v) is 6.36. The smallest absolute Gasteiger partial charge is 0.411 e. The Bertz CT molecular complexity index is 511. The maximum Gasteiger partial charge on any atom is 0.411 e. The lowest BCUT2D eigenvalue weighted by Gasteiger charge is -2.12. The summed E-state index contributed by atoms with van der Waals surface area (Å²) in [7, 11) is 0. The average molecular weight is 280 g/mol. The van der Waals surface area contributed by atoms with Gasteiger partial charge in [0.25, 0.3) is 5.69 Å². The van der Waals surface area contributed by atoms with Crippen LogP contribution in [-0.4, -0.2) is 30.3 Å². The summed E-state index contributed by atoms with van der Waals surface area (Å²) < 4.78 is 10.4. The third-order valence-corrected chi connectivity index (χ3v) is 3.09. The van der Waals surface area contributed by atoms with E-state index in [0.29, 0.717) is 12.3 Å². The molecule has 0 aromatic heterocycles. The number of rotatable bonds is 4. The van der Waals surface area contributed by atoms with Gasteiger partial charge >= 0.3 is 6.09 Å². The number of nitro groups is 1. The molecule has 1 aliphatic heterocycles. The molecule has 1 aromatic rings. The van der Waals surface area contributed by atoms with Gasteiger partial charge in [-0.3, -0.25) is 15.4 Å². The van der Waals surface area contributed by atoms with E-state index in [1.54, 1.807) is 13.0 Å². The van der Waals surface area contributed by atoms with Crippen molar-refractivity contribution < 1.29 is 19.2 Å². The highest BCUT2D eigenvalue weighted by molar-refractivity contribution is 5.86. The van der Waals surface area contributed by atoms with Gasteiger partial charge in [-0.2, -0.15) is 0 Å². The van der Waals surface area contributed by atoms with Crippen molar-refractivity contribution in [3.63, 3.8) is 0 Å². The van der Waals surface area contributed by atoms with Crippen molar-refractivity contribution in [1.82, 2.24) is 0 Å². The molecule has 1 atom stereocenters. The molecule has 1 heterocycles. The topological polar surface area (TPSA) is 90.7 Å². The summed E-state index contributed by atoms with van der Waals surface area (Å²) in [5.41, 5.74) is 1.02. The average Bonchev–Trinajstić information content (AvgIpc) is 2.92. The highest BCUT2D eigenvalue weighted by atomic mass is 16.6. The van der Waals surface area contributed by atoms with Gasteiger partial charge in [0, 0.05) is 18.7 Å². The van der Waals surface area contributed by atoms with Crippen molar-refractivity contribution >= 4 is 17.5 Å². The van der Waals surface area contributed by atoms with Gasteiger partial charge in [-0.1, -0.05) is 6.07 Å². The molecule has 1 aliphatic rings. The summed E-state index contributed by atoms with van der Waals surface area (Å²) in [5.74, 6) is 0. The summed E-state index contributed by atoms with van der Waals surface area (Å²) in [4.78, 5) is 21.8. The van der Waals surface area contributed by atoms with Crippen LogP contribution in [-0.2, 0) is 9.47 Å². The number of amides is 1. The van der Waals surface area contributed by atoms with Gasteiger partial charge in [-0.15, -0.1) is 0 Å². The van der Waals surface area contributed by atoms with E-state index in [1.165, 1.54) is 12.1 Å². The molecule has 0 bridgehead atoms. The normalized spacial score (nSPS) is 17.8. The number of benzene rings is 1. The van der Waals surface area contributed by atoms with Crippen molar-refractivity contribution in [1.29, 1.82) is 0 Å². The fraction of sp³-hybridized carbons (Fsp3) is 0.462. The van der Waals surface area contributed by atoms with Crippen molar-refractivity contribution in [3.8, 4) is 0 Å². The minimum atomic E-state index is -0.635. The lowest BCUT2D eigenvalue weighted by Crippen LogP contribution is -2.21. The van der Waals surface area contributed by atoms with E-state index in [-0.39, 0.29) is 18.4 Å². The van der Waals surface area contributed by atoms with E-state index in [9.17, 15) is 14.9 Å². The molecule has 1 aromatic carbocycles. The Kier molecular flexibility index (Phi) is 4.52. The Labute approximate surface area is 116 Å². The Morgan fingerprint density at radius 1 is 1.60 bits per heavy atom. The van der Waals surface area contributed by atoms with E-state index < -0.39 is 11.0 Å². The predicted octanol–water partition coefficient (Wildman–Crippen LogP) is 2.63. The second-order valence-corrected chi connectivity index (χ2v) is 4.61. The summed E-state index contributed by atoms with van der Waals surface area (Å²) in [6.45, 7) is 2.64. The first kappa shape index (κ1) is 14.3. The number of non-ortho nitro benzene ring substituents is 1. The minimum Gasteiger partial charge on any atom is -0.447 e. The molecular formula is C13H16N2O5. The second-order valence-electron chi connectivity index (χ2n) is 4.61. The van der Waals surface area contributed by atoms with E-state index in [4.69, 9.17) is 9.47 Å². The summed E-state index contributed by atoms with van der Waals surface area (Å²) in [5, 5.41) is 13.2. The van der Waals surface area contributed by atoms with E-state index >= 15 is 0 Å². The van der Waals surface area contributed by atoms with E-state index in [1.807, 2.05) is 0 Å². The molecule has 1 unspecified atom stereocenters. The fourth-order valence-electron chi connectivity index (χ4n) is 1.95. The Balaban J connectivity index is 1.92. The number of carbonyl (C=O) groups is 1. The van der Waals surface area contributed by atoms with Crippen LogP contribution in [0.2, 0.25) is 0 Å². The number of nitro benzene ring substituents is 1. The van der Waals surface area contributed by atoms with Gasteiger partial charge in [0.15, 0.2) is 0 Å². The molecule has 1 fully saturated rings. The largest absolute Gasteiger partial charge is 0.447 e. The molecule has 2 rings (SSSR count). The van der Waals surface area contributed by atoms with E-state index in [2.05, 4.69) is 5.32 Å². The minimum absolute atomic E-state index is 0.0491. The molecule has 0 aliphatic carbocycles. The Morgan fingerprint density at radius 3 is 3.05 bits per heavy atom. The number of hydrogen-bond acceptors (Lipinski definition) is 5. The number of carbonyl (C=O) groups excluding carboxylic acids is 1. The molecule has 1 N–H and O–H groups in total. The summed E-state index contributed by atoms with van der Waals surface area (Å²) >= 11 is 0. The summed E-state index contributed by atoms with van der Waals surface area (Å²) in [6, 6.07) is 4.27. The van der Waals surface area contributed by atoms with Gasteiger partial charge in [-0.25, -0.2) is 4.79 Å². The SMILES string of the molecule is Cc1ccc([N+](=O)[O-])cc1NC(=O)OCC1CCCO1. The lowest BCUT2D eigenvalue weighted by molar-refractivity contribution is -0.384. The maximum atomic E-state index is 11.6. The Morgan fingerprint density at radius 2 is 2.40 bits per heavy atom. The predicted molar refractivity (Wildman–Crippen MR) is 71.8 cm³/mol. The number of nitrogens with zero attached hydrogens (tertiary/aromatic N) is 1. The van der Waals surface area contributed by atoms with Gasteiger partial charge in [0.2, 0.25) is 0 Å². The first-order chi connectivity index (χ1) is 9.56. The van der Waals surface area contributed by atoms with Crippen LogP contribution in [0.15, 0.2) is 18.2 Å². The number of anilines is 1. The highest BCUT2D eigenvalue weighted by Gasteiger charge is 2.18. The molecule has 0 saturated carbocycles. The van der Waals surface area contributed by atoms with Crippen molar-refractivity contribution in [2.75, 3.05) is 18.5 Å². The van der Waals surface area contributed by atoms with Crippen LogP contribution in [0.3, 0.4) is 0 Å². The fourth-order valence-corrected chi connectivity index (χ4v) is 1.95. The molecule has 7 heteroatoms. The van der Waals surface area contributed by atoms with Gasteiger partial charge in [0.05, 0.1) is 16.7 Å². The molecule has 108 valence electrons. The van der Waals surface area contributed by atoms with Crippen LogP contribution in [0.25, 0.3) is 0 Å². The van der Waals surface area contributed by atoms with Gasteiger partial charge in [0.1, 0.15) is 6.61 Å². The van der Waals surface area contributed by atoms with Gasteiger partial charge < -0.3 is 9.47 Å². The molecule has 20 heavy (non-hydrogen) atoms. The Hall–Kier alpha value is -2.15. The van der Waals surface area contributed by atoms with Crippen LogP contribution in [0.1, 0.15) is 18.4 Å². The number of ether oxygens (including phenoxy) is 2. The highest BCUT2D eigenvalue weighted by Crippen LogP contribution is 2.22. The van der Waals surface area contributed by atoms with Crippen molar-refractivity contribution in [2.45, 2.75) is 25.9 Å². The number of nitrogens with one attached hydrogen (secondary N) is 1. The zero-order chi connectivity index (χ0) is 14.5. The van der Waals surface area contributed by atoms with Crippen molar-refractivity contribution in [3.05, 3.63) is 33.9 Å². The van der Waals surface area contributed by atoms with E-state index in [0.717, 1.165) is 18.4 Å². The molecule has 1 saturated heterocycles. The molecule has 1 amide bonds. The monoisotopic (exact) mass is 280 g/mol. The molecular weight excluding hydrogens is 264 g/mol. The van der Waals surface area contributed by atoms with Crippen LogP contribution in [0, 0.1) is 17.0 Å². The third kappa shape index (κ3) is 3.67. The van der Waals surface area contributed by atoms with Crippen LogP contribution in [0.4, 0.5) is 16.2 Å². The molecule has 7 nitrogen and oxygen atoms in total. The maximum absolute atomic E-state index is 11.6. The third-order valence-electron chi connectivity index (χ3n) is 3.09. The zero-order valence-corrected chi connectivity index (χ0v) is 11.1. The van der Waals surface area contributed by atoms with Crippen LogP contribution >= 0.6 is 0 Å². The molecule has 0 radical (unpaired) electrons. The first-order valence-electron chi connectivity index (χ1n) is 6.36. The number of aryl methyl sites for hydroxylation is 1. The summed E-state index contributed by atoms with van der Waals surface area (Å²) in [6.07, 6.45) is 1.17. The zero-order valence-electron chi connectivity index (χ0n) is 11.1. The van der Waals surface area contributed by atoms with Gasteiger partial charge in [-0.05, 0) is 25.3 Å². The standard InChI is InChI=1S/C13H16N2O5/c1-9-4-5-10(15(17)18)7-12(9)14-13(16)20-8-11-3-2-6-19-11/h4-5,7,11H,2-3,6,8H2,1H3,(H,14,16).